The summed E-state index contributed by atoms with van der Waals surface area (Å²) < 4.78 is 2.16. The van der Waals surface area contributed by atoms with Crippen molar-refractivity contribution in [3.63, 3.8) is 0 Å². The molecule has 1 aromatic heterocycles. The van der Waals surface area contributed by atoms with Crippen LogP contribution in [0.1, 0.15) is 40.7 Å². The number of rotatable bonds is 2. The van der Waals surface area contributed by atoms with Crippen LogP contribution in [0.25, 0.3) is 5.69 Å². The molecule has 0 radical (unpaired) electrons. The first-order valence-electron chi connectivity index (χ1n) is 9.20. The van der Waals surface area contributed by atoms with Crippen molar-refractivity contribution in [2.75, 3.05) is 26.2 Å². The fourth-order valence-corrected chi connectivity index (χ4v) is 3.77. The number of para-hydroxylation sites is 1. The molecule has 5 heteroatoms. The van der Waals surface area contributed by atoms with E-state index in [1.165, 1.54) is 5.56 Å². The lowest BCUT2D eigenvalue weighted by Gasteiger charge is -2.21. The summed E-state index contributed by atoms with van der Waals surface area (Å²) in [7, 11) is 0. The molecule has 2 heterocycles. The fraction of sp³-hybridized carbons (Fsp3) is 0.429. The van der Waals surface area contributed by atoms with E-state index in [1.807, 2.05) is 41.8 Å². The summed E-state index contributed by atoms with van der Waals surface area (Å²) in [6, 6.07) is 10.2. The van der Waals surface area contributed by atoms with Crippen LogP contribution in [0.2, 0.25) is 0 Å². The molecule has 0 saturated carbocycles. The van der Waals surface area contributed by atoms with Crippen molar-refractivity contribution in [3.05, 3.63) is 52.8 Å². The average molecular weight is 353 g/mol. The molecule has 1 saturated heterocycles. The van der Waals surface area contributed by atoms with Gasteiger partial charge >= 0.3 is 0 Å². The van der Waals surface area contributed by atoms with Gasteiger partial charge in [0.2, 0.25) is 5.91 Å². The van der Waals surface area contributed by atoms with Crippen LogP contribution in [-0.2, 0) is 4.79 Å². The molecular weight excluding hydrogens is 326 g/mol. The summed E-state index contributed by atoms with van der Waals surface area (Å²) in [5.74, 6) is 0.139. The highest BCUT2D eigenvalue weighted by Gasteiger charge is 2.25. The number of aromatic nitrogens is 1. The van der Waals surface area contributed by atoms with Crippen LogP contribution >= 0.6 is 0 Å². The van der Waals surface area contributed by atoms with Gasteiger partial charge in [-0.25, -0.2) is 0 Å². The molecule has 5 nitrogen and oxygen atoms in total. The minimum absolute atomic E-state index is 0.0586. The summed E-state index contributed by atoms with van der Waals surface area (Å²) in [5, 5.41) is 0. The number of benzene rings is 1. The van der Waals surface area contributed by atoms with E-state index in [0.717, 1.165) is 35.6 Å². The highest BCUT2D eigenvalue weighted by molar-refractivity contribution is 5.96. The summed E-state index contributed by atoms with van der Waals surface area (Å²) in [4.78, 5) is 28.5. The van der Waals surface area contributed by atoms with Gasteiger partial charge in [0.1, 0.15) is 0 Å². The molecule has 2 amide bonds. The smallest absolute Gasteiger partial charge is 0.255 e. The molecule has 0 N–H and O–H groups in total. The molecule has 0 bridgehead atoms. The van der Waals surface area contributed by atoms with Crippen LogP contribution < -0.4 is 0 Å². The molecule has 1 fully saturated rings. The Bertz CT molecular complexity index is 838. The lowest BCUT2D eigenvalue weighted by molar-refractivity contribution is -0.128. The van der Waals surface area contributed by atoms with Gasteiger partial charge in [0, 0.05) is 50.2 Å². The molecule has 26 heavy (non-hydrogen) atoms. The Morgan fingerprint density at radius 3 is 2.27 bits per heavy atom. The van der Waals surface area contributed by atoms with E-state index in [0.29, 0.717) is 19.6 Å². The first-order valence-corrected chi connectivity index (χ1v) is 9.20. The van der Waals surface area contributed by atoms with Gasteiger partial charge < -0.3 is 14.4 Å². The SMILES string of the molecule is CC(=O)N1CCCN(C(=O)c2cc(C)n(-c3ccccc3C)c2C)CC1. The van der Waals surface area contributed by atoms with E-state index in [2.05, 4.69) is 23.6 Å². The third-order valence-corrected chi connectivity index (χ3v) is 5.25. The van der Waals surface area contributed by atoms with Crippen LogP contribution in [0.15, 0.2) is 30.3 Å². The molecule has 0 aliphatic carbocycles. The number of hydrogen-bond acceptors (Lipinski definition) is 2. The molecular formula is C21H27N3O2. The molecule has 0 unspecified atom stereocenters. The maximum absolute atomic E-state index is 13.1. The van der Waals surface area contributed by atoms with Crippen LogP contribution in [0.5, 0.6) is 0 Å². The first kappa shape index (κ1) is 18.2. The zero-order chi connectivity index (χ0) is 18.8. The minimum Gasteiger partial charge on any atom is -0.341 e. The molecule has 0 spiro atoms. The Hall–Kier alpha value is -2.56. The van der Waals surface area contributed by atoms with Crippen LogP contribution in [-0.4, -0.2) is 52.4 Å². The van der Waals surface area contributed by atoms with Gasteiger partial charge in [-0.05, 0) is 44.9 Å². The van der Waals surface area contributed by atoms with Crippen LogP contribution in [0.4, 0.5) is 0 Å². The highest BCUT2D eigenvalue weighted by atomic mass is 16.2. The van der Waals surface area contributed by atoms with Gasteiger partial charge in [0.05, 0.1) is 5.56 Å². The van der Waals surface area contributed by atoms with E-state index in [1.54, 1.807) is 6.92 Å². The van der Waals surface area contributed by atoms with Crippen molar-refractivity contribution in [1.82, 2.24) is 14.4 Å². The Morgan fingerprint density at radius 2 is 1.58 bits per heavy atom. The number of amides is 2. The van der Waals surface area contributed by atoms with E-state index < -0.39 is 0 Å². The normalized spacial score (nSPS) is 15.1. The van der Waals surface area contributed by atoms with Crippen molar-refractivity contribution in [2.45, 2.75) is 34.1 Å². The van der Waals surface area contributed by atoms with Gasteiger partial charge in [-0.2, -0.15) is 0 Å². The van der Waals surface area contributed by atoms with Gasteiger partial charge in [0.25, 0.3) is 5.91 Å². The molecule has 138 valence electrons. The summed E-state index contributed by atoms with van der Waals surface area (Å²) in [6.45, 7) is 10.3. The van der Waals surface area contributed by atoms with Gasteiger partial charge in [0.15, 0.2) is 0 Å². The largest absolute Gasteiger partial charge is 0.341 e. The highest BCUT2D eigenvalue weighted by Crippen LogP contribution is 2.24. The molecule has 1 aliphatic heterocycles. The van der Waals surface area contributed by atoms with E-state index in [9.17, 15) is 9.59 Å². The third-order valence-electron chi connectivity index (χ3n) is 5.25. The Kier molecular flexibility index (Phi) is 5.16. The Morgan fingerprint density at radius 1 is 0.923 bits per heavy atom. The van der Waals surface area contributed by atoms with E-state index in [4.69, 9.17) is 0 Å². The second-order valence-corrected chi connectivity index (χ2v) is 7.06. The Labute approximate surface area is 155 Å². The van der Waals surface area contributed by atoms with Crippen LogP contribution in [0, 0.1) is 20.8 Å². The third kappa shape index (κ3) is 3.39. The maximum Gasteiger partial charge on any atom is 0.255 e. The summed E-state index contributed by atoms with van der Waals surface area (Å²) >= 11 is 0. The number of aryl methyl sites for hydroxylation is 2. The maximum atomic E-state index is 13.1. The lowest BCUT2D eigenvalue weighted by atomic mass is 10.2. The van der Waals surface area contributed by atoms with Crippen molar-refractivity contribution in [2.24, 2.45) is 0 Å². The van der Waals surface area contributed by atoms with E-state index in [-0.39, 0.29) is 11.8 Å². The molecule has 1 aromatic carbocycles. The standard InChI is InChI=1S/C21H27N3O2/c1-15-8-5-6-9-20(15)24-16(2)14-19(17(24)3)21(26)23-11-7-10-22(12-13-23)18(4)25/h5-6,8-9,14H,7,10-13H2,1-4H3. The van der Waals surface area contributed by atoms with Gasteiger partial charge in [-0.3, -0.25) is 9.59 Å². The zero-order valence-electron chi connectivity index (χ0n) is 16.1. The molecule has 1 aliphatic rings. The monoisotopic (exact) mass is 353 g/mol. The molecule has 3 rings (SSSR count). The quantitative estimate of drug-likeness (QED) is 0.833. The van der Waals surface area contributed by atoms with Gasteiger partial charge in [-0.1, -0.05) is 18.2 Å². The first-order chi connectivity index (χ1) is 12.4. The average Bonchev–Trinajstić information content (AvgIpc) is 2.79. The number of hydrogen-bond donors (Lipinski definition) is 0. The van der Waals surface area contributed by atoms with E-state index >= 15 is 0 Å². The topological polar surface area (TPSA) is 45.6 Å². The number of carbonyl (C=O) groups is 2. The minimum atomic E-state index is 0.0586. The molecule has 0 atom stereocenters. The van der Waals surface area contributed by atoms with Crippen molar-refractivity contribution in [3.8, 4) is 5.69 Å². The second kappa shape index (κ2) is 7.36. The van der Waals surface area contributed by atoms with Crippen molar-refractivity contribution in [1.29, 1.82) is 0 Å². The summed E-state index contributed by atoms with van der Waals surface area (Å²) in [6.07, 6.45) is 0.821. The van der Waals surface area contributed by atoms with Crippen LogP contribution in [0.3, 0.4) is 0 Å². The predicted octanol–water partition coefficient (Wildman–Crippen LogP) is 3.10. The predicted molar refractivity (Wildman–Crippen MR) is 103 cm³/mol. The number of carbonyl (C=O) groups excluding carboxylic acids is 2. The fourth-order valence-electron chi connectivity index (χ4n) is 3.77. The van der Waals surface area contributed by atoms with Gasteiger partial charge in [-0.15, -0.1) is 0 Å². The van der Waals surface area contributed by atoms with Crippen molar-refractivity contribution < 1.29 is 9.59 Å². The second-order valence-electron chi connectivity index (χ2n) is 7.06. The Balaban J connectivity index is 1.88. The van der Waals surface area contributed by atoms with Crippen molar-refractivity contribution >= 4 is 11.8 Å². The lowest BCUT2D eigenvalue weighted by Crippen LogP contribution is -2.36. The zero-order valence-corrected chi connectivity index (χ0v) is 16.1. The summed E-state index contributed by atoms with van der Waals surface area (Å²) in [5.41, 5.74) is 5.07. The number of nitrogens with zero attached hydrogens (tertiary/aromatic N) is 3. The molecule has 2 aromatic rings.